The molecule has 2 aromatic rings. The standard InChI is InChI=1S/C20H22Cl2N2O3/c21-13-1-3-19(25)23-15-5-9-17(10-6-15)27-18-11-7-16(8-12-18)24-20(26)4-2-14-22/h5-12H,1-4,13-14H2,(H,23,25)(H,24,26). The van der Waals surface area contributed by atoms with E-state index in [0.717, 1.165) is 0 Å². The number of carbonyl (C=O) groups is 2. The number of halogens is 2. The minimum absolute atomic E-state index is 0.0620. The molecule has 2 N–H and O–H groups in total. The van der Waals surface area contributed by atoms with Gasteiger partial charge in [0.1, 0.15) is 11.5 Å². The van der Waals surface area contributed by atoms with E-state index in [9.17, 15) is 9.59 Å². The zero-order chi connectivity index (χ0) is 19.5. The highest BCUT2D eigenvalue weighted by atomic mass is 35.5. The summed E-state index contributed by atoms with van der Waals surface area (Å²) < 4.78 is 5.77. The summed E-state index contributed by atoms with van der Waals surface area (Å²) in [6.07, 6.45) is 2.10. The maximum atomic E-state index is 11.7. The first-order valence-electron chi connectivity index (χ1n) is 8.70. The second-order valence-electron chi connectivity index (χ2n) is 5.83. The van der Waals surface area contributed by atoms with Gasteiger partial charge < -0.3 is 15.4 Å². The van der Waals surface area contributed by atoms with E-state index in [4.69, 9.17) is 27.9 Å². The molecule has 0 aliphatic rings. The van der Waals surface area contributed by atoms with E-state index in [-0.39, 0.29) is 11.8 Å². The van der Waals surface area contributed by atoms with Gasteiger partial charge in [-0.15, -0.1) is 23.2 Å². The van der Waals surface area contributed by atoms with Crippen LogP contribution in [0.15, 0.2) is 48.5 Å². The second-order valence-corrected chi connectivity index (χ2v) is 6.59. The Morgan fingerprint density at radius 1 is 0.704 bits per heavy atom. The van der Waals surface area contributed by atoms with Crippen molar-refractivity contribution in [3.05, 3.63) is 48.5 Å². The molecule has 0 heterocycles. The average molecular weight is 409 g/mol. The van der Waals surface area contributed by atoms with Crippen LogP contribution < -0.4 is 15.4 Å². The van der Waals surface area contributed by atoms with E-state index < -0.39 is 0 Å². The third-order valence-electron chi connectivity index (χ3n) is 3.59. The fourth-order valence-electron chi connectivity index (χ4n) is 2.25. The Labute approximate surface area is 169 Å². The quantitative estimate of drug-likeness (QED) is 0.517. The van der Waals surface area contributed by atoms with Gasteiger partial charge in [-0.25, -0.2) is 0 Å². The molecule has 0 aliphatic carbocycles. The summed E-state index contributed by atoms with van der Waals surface area (Å²) in [5, 5.41) is 5.61. The number of alkyl halides is 2. The number of rotatable bonds is 10. The largest absolute Gasteiger partial charge is 0.457 e. The molecule has 5 nitrogen and oxygen atoms in total. The molecule has 2 aromatic carbocycles. The van der Waals surface area contributed by atoms with Crippen LogP contribution in [0.4, 0.5) is 11.4 Å². The number of amides is 2. The summed E-state index contributed by atoms with van der Waals surface area (Å²) in [4.78, 5) is 23.4. The monoisotopic (exact) mass is 408 g/mol. The molecule has 2 rings (SSSR count). The summed E-state index contributed by atoms with van der Waals surface area (Å²) in [5.74, 6) is 2.10. The number of ether oxygens (including phenoxy) is 1. The van der Waals surface area contributed by atoms with Crippen molar-refractivity contribution in [2.75, 3.05) is 22.4 Å². The third-order valence-corrected chi connectivity index (χ3v) is 4.12. The fraction of sp³-hybridized carbons (Fsp3) is 0.300. The fourth-order valence-corrected chi connectivity index (χ4v) is 2.52. The lowest BCUT2D eigenvalue weighted by atomic mass is 10.2. The number of carbonyl (C=O) groups excluding carboxylic acids is 2. The van der Waals surface area contributed by atoms with Crippen LogP contribution in [0, 0.1) is 0 Å². The minimum Gasteiger partial charge on any atom is -0.457 e. The second kappa shape index (κ2) is 11.5. The Hall–Kier alpha value is -2.24. The van der Waals surface area contributed by atoms with Crippen molar-refractivity contribution in [1.29, 1.82) is 0 Å². The number of benzene rings is 2. The predicted octanol–water partition coefficient (Wildman–Crippen LogP) is 5.39. The molecule has 27 heavy (non-hydrogen) atoms. The third kappa shape index (κ3) is 7.89. The van der Waals surface area contributed by atoms with Gasteiger partial charge in [0, 0.05) is 36.0 Å². The first-order chi connectivity index (χ1) is 13.1. The molecule has 0 saturated heterocycles. The van der Waals surface area contributed by atoms with Crippen LogP contribution in [0.5, 0.6) is 11.5 Å². The smallest absolute Gasteiger partial charge is 0.224 e. The van der Waals surface area contributed by atoms with Gasteiger partial charge >= 0.3 is 0 Å². The van der Waals surface area contributed by atoms with Crippen LogP contribution in [0.1, 0.15) is 25.7 Å². The zero-order valence-electron chi connectivity index (χ0n) is 14.8. The van der Waals surface area contributed by atoms with Gasteiger partial charge in [0.15, 0.2) is 0 Å². The van der Waals surface area contributed by atoms with Crippen LogP contribution in [0.2, 0.25) is 0 Å². The predicted molar refractivity (Wildman–Crippen MR) is 110 cm³/mol. The lowest BCUT2D eigenvalue weighted by Crippen LogP contribution is -2.11. The van der Waals surface area contributed by atoms with Gasteiger partial charge in [-0.2, -0.15) is 0 Å². The highest BCUT2D eigenvalue weighted by molar-refractivity contribution is 6.18. The molecule has 0 radical (unpaired) electrons. The Morgan fingerprint density at radius 3 is 1.41 bits per heavy atom. The Kier molecular flexibility index (Phi) is 8.95. The summed E-state index contributed by atoms with van der Waals surface area (Å²) in [7, 11) is 0. The molecular weight excluding hydrogens is 387 g/mol. The van der Waals surface area contributed by atoms with Crippen molar-refractivity contribution in [2.24, 2.45) is 0 Å². The van der Waals surface area contributed by atoms with Gasteiger partial charge in [-0.3, -0.25) is 9.59 Å². The van der Waals surface area contributed by atoms with Crippen molar-refractivity contribution in [1.82, 2.24) is 0 Å². The summed E-state index contributed by atoms with van der Waals surface area (Å²) in [6.45, 7) is 0. The van der Waals surface area contributed by atoms with Crippen LogP contribution >= 0.6 is 23.2 Å². The molecule has 7 heteroatoms. The maximum Gasteiger partial charge on any atom is 0.224 e. The van der Waals surface area contributed by atoms with Crippen LogP contribution in [-0.2, 0) is 9.59 Å². The molecule has 0 unspecified atom stereocenters. The number of nitrogens with one attached hydrogen (secondary N) is 2. The Morgan fingerprint density at radius 2 is 1.07 bits per heavy atom. The van der Waals surface area contributed by atoms with Crippen LogP contribution in [0.25, 0.3) is 0 Å². The van der Waals surface area contributed by atoms with Crippen molar-refractivity contribution in [2.45, 2.75) is 25.7 Å². The number of hydrogen-bond acceptors (Lipinski definition) is 3. The van der Waals surface area contributed by atoms with E-state index in [1.54, 1.807) is 48.5 Å². The Bertz CT molecular complexity index is 670. The molecule has 0 spiro atoms. The normalized spacial score (nSPS) is 10.3. The Balaban J connectivity index is 1.86. The molecule has 0 fully saturated rings. The molecule has 2 amide bonds. The zero-order valence-corrected chi connectivity index (χ0v) is 16.4. The SMILES string of the molecule is O=C(CCCCl)Nc1ccc(Oc2ccc(NC(=O)CCCCl)cc2)cc1. The van der Waals surface area contributed by atoms with Crippen molar-refractivity contribution in [3.63, 3.8) is 0 Å². The summed E-state index contributed by atoms with van der Waals surface area (Å²) >= 11 is 11.2. The number of anilines is 2. The molecule has 0 aromatic heterocycles. The van der Waals surface area contributed by atoms with E-state index >= 15 is 0 Å². The van der Waals surface area contributed by atoms with E-state index in [2.05, 4.69) is 10.6 Å². The van der Waals surface area contributed by atoms with Crippen molar-refractivity contribution < 1.29 is 14.3 Å². The van der Waals surface area contributed by atoms with Gasteiger partial charge in [-0.05, 0) is 61.4 Å². The molecule has 0 bridgehead atoms. The molecule has 0 aliphatic heterocycles. The topological polar surface area (TPSA) is 67.4 Å². The van der Waals surface area contributed by atoms with Gasteiger partial charge in [0.05, 0.1) is 0 Å². The lowest BCUT2D eigenvalue weighted by Gasteiger charge is -2.09. The summed E-state index contributed by atoms with van der Waals surface area (Å²) in [5.41, 5.74) is 1.41. The first-order valence-corrected chi connectivity index (χ1v) is 9.77. The van der Waals surface area contributed by atoms with Crippen molar-refractivity contribution >= 4 is 46.4 Å². The van der Waals surface area contributed by atoms with E-state index in [0.29, 0.717) is 60.3 Å². The van der Waals surface area contributed by atoms with E-state index in [1.165, 1.54) is 0 Å². The van der Waals surface area contributed by atoms with Crippen molar-refractivity contribution in [3.8, 4) is 11.5 Å². The first kappa shape index (κ1) is 21.1. The lowest BCUT2D eigenvalue weighted by molar-refractivity contribution is -0.117. The number of hydrogen-bond donors (Lipinski definition) is 2. The highest BCUT2D eigenvalue weighted by Gasteiger charge is 2.04. The van der Waals surface area contributed by atoms with Gasteiger partial charge in [0.2, 0.25) is 11.8 Å². The van der Waals surface area contributed by atoms with Gasteiger partial charge in [0.25, 0.3) is 0 Å². The molecule has 0 atom stereocenters. The van der Waals surface area contributed by atoms with Crippen LogP contribution in [0.3, 0.4) is 0 Å². The summed E-state index contributed by atoms with van der Waals surface area (Å²) in [6, 6.07) is 14.2. The maximum absolute atomic E-state index is 11.7. The highest BCUT2D eigenvalue weighted by Crippen LogP contribution is 2.24. The molecule has 144 valence electrons. The molecular formula is C20H22Cl2N2O3. The van der Waals surface area contributed by atoms with Gasteiger partial charge in [-0.1, -0.05) is 0 Å². The van der Waals surface area contributed by atoms with Crippen LogP contribution in [-0.4, -0.2) is 23.6 Å². The molecule has 0 saturated carbocycles. The van der Waals surface area contributed by atoms with E-state index in [1.807, 2.05) is 0 Å². The minimum atomic E-state index is -0.0620. The average Bonchev–Trinajstić information content (AvgIpc) is 2.68.